The van der Waals surface area contributed by atoms with Crippen molar-refractivity contribution in [2.75, 3.05) is 13.2 Å². The summed E-state index contributed by atoms with van der Waals surface area (Å²) in [4.78, 5) is 38.4. The molecule has 0 heterocycles. The second-order valence-corrected chi connectivity index (χ2v) is 22.7. The Morgan fingerprint density at radius 3 is 0.744 bits per heavy atom. The van der Waals surface area contributed by atoms with E-state index in [1.54, 1.807) is 0 Å². The molecule has 0 aromatic rings. The van der Waals surface area contributed by atoms with E-state index in [0.717, 1.165) is 148 Å². The van der Waals surface area contributed by atoms with E-state index in [1.807, 2.05) is 0 Å². The Balaban J connectivity index is 4.26. The highest BCUT2D eigenvalue weighted by molar-refractivity contribution is 5.71. The highest BCUT2D eigenvalue weighted by Gasteiger charge is 2.19. The van der Waals surface area contributed by atoms with E-state index in [4.69, 9.17) is 14.2 Å². The molecular weight excluding hydrogens is 1010 g/mol. The molecule has 0 aromatic carbocycles. The number of unbranched alkanes of at least 4 members (excludes halogenated alkanes) is 31. The van der Waals surface area contributed by atoms with Crippen LogP contribution in [0.2, 0.25) is 0 Å². The van der Waals surface area contributed by atoms with Crippen molar-refractivity contribution < 1.29 is 28.6 Å². The molecule has 0 saturated carbocycles. The van der Waals surface area contributed by atoms with Crippen molar-refractivity contribution in [1.29, 1.82) is 0 Å². The molecule has 0 radical (unpaired) electrons. The van der Waals surface area contributed by atoms with Crippen molar-refractivity contribution in [3.8, 4) is 0 Å². The molecule has 0 rings (SSSR count). The fraction of sp³-hybridized carbons (Fsp3) is 0.697. The van der Waals surface area contributed by atoms with Crippen LogP contribution in [0.15, 0.2) is 122 Å². The average molecular weight is 1140 g/mol. The van der Waals surface area contributed by atoms with Crippen LogP contribution < -0.4 is 0 Å². The van der Waals surface area contributed by atoms with Crippen LogP contribution in [0.4, 0.5) is 0 Å². The molecule has 1 unspecified atom stereocenters. The number of hydrogen-bond donors (Lipinski definition) is 0. The summed E-state index contributed by atoms with van der Waals surface area (Å²) in [6, 6.07) is 0. The van der Waals surface area contributed by atoms with Crippen LogP contribution in [0, 0.1) is 0 Å². The van der Waals surface area contributed by atoms with Crippen LogP contribution in [0.5, 0.6) is 0 Å². The lowest BCUT2D eigenvalue weighted by atomic mass is 10.0. The minimum Gasteiger partial charge on any atom is -0.462 e. The molecule has 0 fully saturated rings. The van der Waals surface area contributed by atoms with E-state index < -0.39 is 6.10 Å². The van der Waals surface area contributed by atoms with Crippen molar-refractivity contribution >= 4 is 17.9 Å². The number of hydrogen-bond acceptors (Lipinski definition) is 6. The molecule has 6 nitrogen and oxygen atoms in total. The van der Waals surface area contributed by atoms with E-state index in [1.165, 1.54) is 135 Å². The Labute approximate surface area is 507 Å². The van der Waals surface area contributed by atoms with Gasteiger partial charge in [0.2, 0.25) is 0 Å². The highest BCUT2D eigenvalue weighted by atomic mass is 16.6. The summed E-state index contributed by atoms with van der Waals surface area (Å²) in [5.74, 6) is -0.906. The smallest absolute Gasteiger partial charge is 0.306 e. The zero-order valence-electron chi connectivity index (χ0n) is 53.7. The van der Waals surface area contributed by atoms with Crippen molar-refractivity contribution in [3.63, 3.8) is 0 Å². The van der Waals surface area contributed by atoms with Gasteiger partial charge < -0.3 is 14.2 Å². The molecule has 0 amide bonds. The highest BCUT2D eigenvalue weighted by Crippen LogP contribution is 2.17. The fourth-order valence-electron chi connectivity index (χ4n) is 9.56. The molecular formula is C76H128O6. The lowest BCUT2D eigenvalue weighted by Gasteiger charge is -2.18. The van der Waals surface area contributed by atoms with Gasteiger partial charge in [-0.15, -0.1) is 0 Å². The first-order valence-electron chi connectivity index (χ1n) is 34.5. The Kier molecular flexibility index (Phi) is 65.8. The topological polar surface area (TPSA) is 78.9 Å². The average Bonchev–Trinajstić information content (AvgIpc) is 3.47. The van der Waals surface area contributed by atoms with E-state index in [2.05, 4.69) is 142 Å². The molecule has 468 valence electrons. The van der Waals surface area contributed by atoms with Gasteiger partial charge >= 0.3 is 17.9 Å². The van der Waals surface area contributed by atoms with E-state index in [9.17, 15) is 14.4 Å². The third-order valence-corrected chi connectivity index (χ3v) is 14.7. The Hall–Kier alpha value is -4.19. The largest absolute Gasteiger partial charge is 0.462 e. The molecule has 0 aliphatic rings. The zero-order chi connectivity index (χ0) is 59.2. The van der Waals surface area contributed by atoms with Crippen LogP contribution in [-0.2, 0) is 28.6 Å². The second kappa shape index (κ2) is 69.3. The lowest BCUT2D eigenvalue weighted by Crippen LogP contribution is -2.30. The number of esters is 3. The van der Waals surface area contributed by atoms with Gasteiger partial charge in [-0.2, -0.15) is 0 Å². The first-order chi connectivity index (χ1) is 40.5. The molecule has 6 heteroatoms. The Morgan fingerprint density at radius 1 is 0.256 bits per heavy atom. The number of allylic oxidation sites excluding steroid dienone is 20. The quantitative estimate of drug-likeness (QED) is 0.0261. The van der Waals surface area contributed by atoms with Crippen molar-refractivity contribution in [1.82, 2.24) is 0 Å². The summed E-state index contributed by atoms with van der Waals surface area (Å²) in [7, 11) is 0. The molecule has 1 atom stereocenters. The standard InChI is InChI=1S/C76H128O6/c1-4-7-10-13-16-19-22-25-28-30-32-33-34-35-36-37-38-39-40-41-42-43-45-46-48-51-54-57-60-63-66-69-75(78)81-72-73(71-80-74(77)68-65-62-59-56-53-50-27-24-21-18-15-12-9-6-3)82-76(79)70-67-64-61-58-55-52-49-47-44-31-29-26-23-20-17-14-11-8-5-2/h7-8,10-11,15-20,24-29,32-33,44,47,73H,4-6,9,12-14,21-23,30-31,34-43,45-46,48-72H2,1-3H3/b10-7-,11-8-,18-15-,19-16-,20-17-,27-24-,28-25-,29-26-,33-32-,47-44-. The normalized spacial score (nSPS) is 12.9. The van der Waals surface area contributed by atoms with Crippen LogP contribution >= 0.6 is 0 Å². The first-order valence-corrected chi connectivity index (χ1v) is 34.5. The molecule has 0 N–H and O–H groups in total. The van der Waals surface area contributed by atoms with E-state index >= 15 is 0 Å². The van der Waals surface area contributed by atoms with Crippen molar-refractivity contribution in [2.24, 2.45) is 0 Å². The van der Waals surface area contributed by atoms with Gasteiger partial charge in [0.15, 0.2) is 6.10 Å². The minimum atomic E-state index is -0.794. The van der Waals surface area contributed by atoms with Gasteiger partial charge in [-0.1, -0.05) is 303 Å². The third-order valence-electron chi connectivity index (χ3n) is 14.7. The summed E-state index contributed by atoms with van der Waals surface area (Å²) < 4.78 is 16.9. The molecule has 0 aliphatic carbocycles. The van der Waals surface area contributed by atoms with E-state index in [0.29, 0.717) is 19.3 Å². The summed E-state index contributed by atoms with van der Waals surface area (Å²) in [6.45, 7) is 6.38. The maximum atomic E-state index is 12.9. The number of carbonyl (C=O) groups excluding carboxylic acids is 3. The summed E-state index contributed by atoms with van der Waals surface area (Å²) >= 11 is 0. The minimum absolute atomic E-state index is 0.0880. The van der Waals surface area contributed by atoms with Crippen LogP contribution in [0.1, 0.15) is 323 Å². The number of rotatable bonds is 62. The van der Waals surface area contributed by atoms with Gasteiger partial charge in [-0.05, 0) is 122 Å². The Bertz CT molecular complexity index is 1690. The van der Waals surface area contributed by atoms with Crippen molar-refractivity contribution in [3.05, 3.63) is 122 Å². The SMILES string of the molecule is CC/C=C\C/C=C\C/C=C\C/C=C\CCCCCCCCCCCCCCCCCCCCC(=O)OCC(COC(=O)CCCCCCC/C=C\C/C=C\CCCC)OC(=O)CCCCCCCC/C=C\C/C=C\C/C=C\C/C=C\CC. The summed E-state index contributed by atoms with van der Waals surface area (Å²) in [5, 5.41) is 0. The van der Waals surface area contributed by atoms with Crippen LogP contribution in [0.25, 0.3) is 0 Å². The monoisotopic (exact) mass is 1140 g/mol. The predicted octanol–water partition coefficient (Wildman–Crippen LogP) is 23.9. The van der Waals surface area contributed by atoms with E-state index in [-0.39, 0.29) is 31.1 Å². The molecule has 0 bridgehead atoms. The van der Waals surface area contributed by atoms with Gasteiger partial charge in [0.25, 0.3) is 0 Å². The molecule has 82 heavy (non-hydrogen) atoms. The lowest BCUT2D eigenvalue weighted by molar-refractivity contribution is -0.167. The van der Waals surface area contributed by atoms with Gasteiger partial charge in [0.05, 0.1) is 0 Å². The predicted molar refractivity (Wildman–Crippen MR) is 357 cm³/mol. The summed E-state index contributed by atoms with van der Waals surface area (Å²) in [6.07, 6.45) is 96.5. The maximum Gasteiger partial charge on any atom is 0.306 e. The van der Waals surface area contributed by atoms with Gasteiger partial charge in [0.1, 0.15) is 13.2 Å². The Morgan fingerprint density at radius 2 is 0.476 bits per heavy atom. The van der Waals surface area contributed by atoms with Gasteiger partial charge in [-0.25, -0.2) is 0 Å². The second-order valence-electron chi connectivity index (χ2n) is 22.7. The van der Waals surface area contributed by atoms with Crippen LogP contribution in [0.3, 0.4) is 0 Å². The van der Waals surface area contributed by atoms with Gasteiger partial charge in [-0.3, -0.25) is 14.4 Å². The summed E-state index contributed by atoms with van der Waals surface area (Å²) in [5.41, 5.74) is 0. The van der Waals surface area contributed by atoms with Crippen LogP contribution in [-0.4, -0.2) is 37.2 Å². The van der Waals surface area contributed by atoms with Crippen molar-refractivity contribution in [2.45, 2.75) is 329 Å². The zero-order valence-corrected chi connectivity index (χ0v) is 53.7. The van der Waals surface area contributed by atoms with Gasteiger partial charge in [0, 0.05) is 19.3 Å². The number of carbonyl (C=O) groups is 3. The maximum absolute atomic E-state index is 12.9. The molecule has 0 spiro atoms. The number of ether oxygens (including phenoxy) is 3. The fourth-order valence-corrected chi connectivity index (χ4v) is 9.56. The molecule has 0 saturated heterocycles. The first kappa shape index (κ1) is 77.8. The molecule has 0 aliphatic heterocycles. The third kappa shape index (κ3) is 66.6. The molecule has 0 aromatic heterocycles.